The molecule has 2 aromatic rings. The van der Waals surface area contributed by atoms with Gasteiger partial charge in [-0.05, 0) is 38.1 Å². The minimum absolute atomic E-state index is 0.00805. The number of carbonyl (C=O) groups is 1. The molecule has 0 fully saturated rings. The van der Waals surface area contributed by atoms with E-state index in [0.29, 0.717) is 0 Å². The number of benzene rings is 1. The van der Waals surface area contributed by atoms with Crippen molar-refractivity contribution in [3.8, 4) is 0 Å². The summed E-state index contributed by atoms with van der Waals surface area (Å²) in [5, 5.41) is 9.92. The Morgan fingerprint density at radius 1 is 1.28 bits per heavy atom. The van der Waals surface area contributed by atoms with Crippen LogP contribution in [0.5, 0.6) is 0 Å². The van der Waals surface area contributed by atoms with Gasteiger partial charge in [-0.2, -0.15) is 0 Å². The van der Waals surface area contributed by atoms with Gasteiger partial charge in [0.25, 0.3) is 0 Å². The molecule has 2 rings (SSSR count). The predicted molar refractivity (Wildman–Crippen MR) is 73.1 cm³/mol. The first kappa shape index (κ1) is 12.5. The van der Waals surface area contributed by atoms with Crippen molar-refractivity contribution in [2.75, 3.05) is 18.0 Å². The molecular weight excluding hydrogens is 228 g/mol. The average Bonchev–Trinajstić information content (AvgIpc) is 2.73. The molecule has 0 aliphatic heterocycles. The molecular formula is C14H18N2O2. The van der Waals surface area contributed by atoms with Crippen molar-refractivity contribution in [2.24, 2.45) is 0 Å². The summed E-state index contributed by atoms with van der Waals surface area (Å²) in [5.41, 5.74) is 2.15. The summed E-state index contributed by atoms with van der Waals surface area (Å²) < 4.78 is 1.75. The maximum absolute atomic E-state index is 10.7. The lowest BCUT2D eigenvalue weighted by Crippen LogP contribution is -2.21. The Hall–Kier alpha value is -1.97. The Morgan fingerprint density at radius 2 is 2.00 bits per heavy atom. The van der Waals surface area contributed by atoms with Crippen LogP contribution in [0.15, 0.2) is 30.5 Å². The molecule has 1 aromatic heterocycles. The lowest BCUT2D eigenvalue weighted by molar-refractivity contribution is -0.137. The third kappa shape index (κ3) is 2.32. The standard InChI is InChI=1S/C14H18N2O2/c1-3-15(4-2)12-5-6-13-11(9-12)7-8-16(13)10-14(17)18/h5-9H,3-4,10H2,1-2H3,(H,17,18). The smallest absolute Gasteiger partial charge is 0.323 e. The molecule has 0 aliphatic rings. The molecule has 0 amide bonds. The summed E-state index contributed by atoms with van der Waals surface area (Å²) in [5.74, 6) is -0.819. The summed E-state index contributed by atoms with van der Waals surface area (Å²) in [4.78, 5) is 13.0. The van der Waals surface area contributed by atoms with Crippen molar-refractivity contribution in [1.29, 1.82) is 0 Å². The van der Waals surface area contributed by atoms with E-state index >= 15 is 0 Å². The first-order chi connectivity index (χ1) is 8.65. The molecule has 0 radical (unpaired) electrons. The van der Waals surface area contributed by atoms with Gasteiger partial charge in [0.2, 0.25) is 0 Å². The van der Waals surface area contributed by atoms with Crippen molar-refractivity contribution in [3.63, 3.8) is 0 Å². The largest absolute Gasteiger partial charge is 0.480 e. The molecule has 0 aliphatic carbocycles. The molecule has 0 unspecified atom stereocenters. The van der Waals surface area contributed by atoms with Gasteiger partial charge in [0.1, 0.15) is 6.54 Å². The summed E-state index contributed by atoms with van der Waals surface area (Å²) in [7, 11) is 0. The van der Waals surface area contributed by atoms with E-state index in [4.69, 9.17) is 5.11 Å². The fourth-order valence-corrected chi connectivity index (χ4v) is 2.26. The Morgan fingerprint density at radius 3 is 2.61 bits per heavy atom. The third-order valence-corrected chi connectivity index (χ3v) is 3.19. The number of nitrogens with zero attached hydrogens (tertiary/aromatic N) is 2. The highest BCUT2D eigenvalue weighted by molar-refractivity contribution is 5.85. The minimum atomic E-state index is -0.819. The molecule has 0 bridgehead atoms. The Kier molecular flexibility index (Phi) is 3.55. The van der Waals surface area contributed by atoms with Gasteiger partial charge in [-0.15, -0.1) is 0 Å². The first-order valence-electron chi connectivity index (χ1n) is 6.21. The lowest BCUT2D eigenvalue weighted by Gasteiger charge is -2.21. The molecule has 4 nitrogen and oxygen atoms in total. The highest BCUT2D eigenvalue weighted by Gasteiger charge is 2.07. The van der Waals surface area contributed by atoms with Gasteiger partial charge in [-0.25, -0.2) is 0 Å². The Labute approximate surface area is 106 Å². The second-order valence-corrected chi connectivity index (χ2v) is 4.25. The second-order valence-electron chi connectivity index (χ2n) is 4.25. The van der Waals surface area contributed by atoms with E-state index in [1.165, 1.54) is 5.69 Å². The van der Waals surface area contributed by atoms with Crippen molar-refractivity contribution in [1.82, 2.24) is 4.57 Å². The molecule has 0 saturated carbocycles. The van der Waals surface area contributed by atoms with Gasteiger partial charge < -0.3 is 14.6 Å². The topological polar surface area (TPSA) is 45.5 Å². The normalized spacial score (nSPS) is 10.8. The van der Waals surface area contributed by atoms with Crippen molar-refractivity contribution < 1.29 is 9.90 Å². The molecule has 1 heterocycles. The Balaban J connectivity index is 2.39. The van der Waals surface area contributed by atoms with Gasteiger partial charge in [-0.3, -0.25) is 4.79 Å². The van der Waals surface area contributed by atoms with Crippen LogP contribution in [0, 0.1) is 0 Å². The number of fused-ring (bicyclic) bond motifs is 1. The van der Waals surface area contributed by atoms with Crippen LogP contribution in [-0.2, 0) is 11.3 Å². The zero-order chi connectivity index (χ0) is 13.1. The Bertz CT molecular complexity index is 556. The molecule has 1 N–H and O–H groups in total. The van der Waals surface area contributed by atoms with Gasteiger partial charge >= 0.3 is 5.97 Å². The minimum Gasteiger partial charge on any atom is -0.480 e. The number of hydrogen-bond donors (Lipinski definition) is 1. The fraction of sp³-hybridized carbons (Fsp3) is 0.357. The highest BCUT2D eigenvalue weighted by atomic mass is 16.4. The van der Waals surface area contributed by atoms with Crippen LogP contribution in [0.4, 0.5) is 5.69 Å². The quantitative estimate of drug-likeness (QED) is 0.882. The molecule has 1 aromatic carbocycles. The molecule has 4 heteroatoms. The third-order valence-electron chi connectivity index (χ3n) is 3.19. The number of aliphatic carboxylic acids is 1. The number of hydrogen-bond acceptors (Lipinski definition) is 2. The predicted octanol–water partition coefficient (Wildman–Crippen LogP) is 2.57. The lowest BCUT2D eigenvalue weighted by atomic mass is 10.2. The zero-order valence-corrected chi connectivity index (χ0v) is 10.8. The number of anilines is 1. The first-order valence-corrected chi connectivity index (χ1v) is 6.21. The number of aromatic nitrogens is 1. The van der Waals surface area contributed by atoms with Gasteiger partial charge in [0.15, 0.2) is 0 Å². The van der Waals surface area contributed by atoms with Gasteiger partial charge in [0, 0.05) is 35.9 Å². The van der Waals surface area contributed by atoms with E-state index in [2.05, 4.69) is 24.8 Å². The van der Waals surface area contributed by atoms with Gasteiger partial charge in [0.05, 0.1) is 0 Å². The van der Waals surface area contributed by atoms with Crippen LogP contribution >= 0.6 is 0 Å². The summed E-state index contributed by atoms with van der Waals surface area (Å²) >= 11 is 0. The SMILES string of the molecule is CCN(CC)c1ccc2c(ccn2CC(=O)O)c1. The van der Waals surface area contributed by atoms with E-state index < -0.39 is 5.97 Å². The van der Waals surface area contributed by atoms with E-state index in [0.717, 1.165) is 24.0 Å². The summed E-state index contributed by atoms with van der Waals surface area (Å²) in [6.45, 7) is 6.20. The fourth-order valence-electron chi connectivity index (χ4n) is 2.26. The van der Waals surface area contributed by atoms with Crippen LogP contribution in [0.1, 0.15) is 13.8 Å². The van der Waals surface area contributed by atoms with Crippen molar-refractivity contribution in [2.45, 2.75) is 20.4 Å². The molecule has 18 heavy (non-hydrogen) atoms. The van der Waals surface area contributed by atoms with Crippen molar-refractivity contribution >= 4 is 22.6 Å². The second kappa shape index (κ2) is 5.12. The summed E-state index contributed by atoms with van der Waals surface area (Å²) in [6.07, 6.45) is 1.82. The van der Waals surface area contributed by atoms with E-state index in [-0.39, 0.29) is 6.54 Å². The monoisotopic (exact) mass is 246 g/mol. The average molecular weight is 246 g/mol. The zero-order valence-electron chi connectivity index (χ0n) is 10.8. The van der Waals surface area contributed by atoms with Gasteiger partial charge in [-0.1, -0.05) is 0 Å². The highest BCUT2D eigenvalue weighted by Crippen LogP contribution is 2.23. The maximum atomic E-state index is 10.7. The van der Waals surface area contributed by atoms with Crippen LogP contribution in [0.3, 0.4) is 0 Å². The van der Waals surface area contributed by atoms with Crippen LogP contribution in [-0.4, -0.2) is 28.7 Å². The molecule has 0 saturated heterocycles. The van der Waals surface area contributed by atoms with Crippen LogP contribution in [0.25, 0.3) is 10.9 Å². The molecule has 0 atom stereocenters. The molecule has 96 valence electrons. The summed E-state index contributed by atoms with van der Waals surface area (Å²) in [6, 6.07) is 8.12. The van der Waals surface area contributed by atoms with E-state index in [1.807, 2.05) is 24.4 Å². The van der Waals surface area contributed by atoms with E-state index in [1.54, 1.807) is 4.57 Å². The van der Waals surface area contributed by atoms with Crippen LogP contribution < -0.4 is 4.90 Å². The van der Waals surface area contributed by atoms with Crippen molar-refractivity contribution in [3.05, 3.63) is 30.5 Å². The maximum Gasteiger partial charge on any atom is 0.323 e. The number of rotatable bonds is 5. The molecule has 0 spiro atoms. The van der Waals surface area contributed by atoms with Crippen LogP contribution in [0.2, 0.25) is 0 Å². The number of carboxylic acid groups (broad SMARTS) is 1. The number of carboxylic acids is 1. The van der Waals surface area contributed by atoms with E-state index in [9.17, 15) is 4.79 Å².